The number of aryl methyl sites for hydroxylation is 2. The molecule has 1 unspecified atom stereocenters. The van der Waals surface area contributed by atoms with E-state index in [-0.39, 0.29) is 23.4 Å². The Labute approximate surface area is 186 Å². The van der Waals surface area contributed by atoms with E-state index in [0.29, 0.717) is 22.7 Å². The largest absolute Gasteiger partial charge is 0.311 e. The summed E-state index contributed by atoms with van der Waals surface area (Å²) in [4.78, 5) is 29.9. The minimum absolute atomic E-state index is 0.112. The maximum atomic E-state index is 13.3. The molecule has 164 valence electrons. The van der Waals surface area contributed by atoms with Gasteiger partial charge in [-0.3, -0.25) is 9.59 Å². The molecule has 0 N–H and O–H groups in total. The van der Waals surface area contributed by atoms with Crippen molar-refractivity contribution in [1.82, 2.24) is 15.0 Å². The number of hydrogen-bond acceptors (Lipinski definition) is 5. The molecule has 4 rings (SSSR count). The number of thiophene rings is 1. The van der Waals surface area contributed by atoms with Crippen LogP contribution in [-0.2, 0) is 24.2 Å². The highest BCUT2D eigenvalue weighted by molar-refractivity contribution is 7.18. The third kappa shape index (κ3) is 4.15. The molecule has 0 bridgehead atoms. The number of hydrogen-bond donors (Lipinski definition) is 0. The van der Waals surface area contributed by atoms with Crippen molar-refractivity contribution in [3.8, 4) is 0 Å². The highest BCUT2D eigenvalue weighted by atomic mass is 32.1. The van der Waals surface area contributed by atoms with E-state index in [0.717, 1.165) is 36.1 Å². The summed E-state index contributed by atoms with van der Waals surface area (Å²) in [6, 6.07) is 7.81. The molecule has 7 heteroatoms. The lowest BCUT2D eigenvalue weighted by Crippen LogP contribution is -2.37. The maximum absolute atomic E-state index is 13.3. The van der Waals surface area contributed by atoms with Gasteiger partial charge in [0, 0.05) is 17.1 Å². The topological polar surface area (TPSA) is 68.1 Å². The highest BCUT2D eigenvalue weighted by Crippen LogP contribution is 2.41. The molecule has 31 heavy (non-hydrogen) atoms. The number of benzene rings is 1. The molecular formula is C24H30N4O2S. The van der Waals surface area contributed by atoms with Gasteiger partial charge in [-0.05, 0) is 67.7 Å². The Morgan fingerprint density at radius 1 is 1.32 bits per heavy atom. The van der Waals surface area contributed by atoms with E-state index in [1.807, 2.05) is 38.1 Å². The molecule has 0 aliphatic heterocycles. The predicted molar refractivity (Wildman–Crippen MR) is 126 cm³/mol. The normalized spacial score (nSPS) is 16.4. The van der Waals surface area contributed by atoms with Crippen molar-refractivity contribution < 1.29 is 4.79 Å². The van der Waals surface area contributed by atoms with Gasteiger partial charge in [0.15, 0.2) is 4.83 Å². The van der Waals surface area contributed by atoms with Crippen molar-refractivity contribution in [2.24, 2.45) is 11.3 Å². The molecule has 0 saturated heterocycles. The van der Waals surface area contributed by atoms with Crippen molar-refractivity contribution in [1.29, 1.82) is 0 Å². The molecule has 0 spiro atoms. The Kier molecular flexibility index (Phi) is 5.73. The molecule has 1 aliphatic carbocycles. The molecule has 1 atom stereocenters. The van der Waals surface area contributed by atoms with Crippen molar-refractivity contribution in [3.63, 3.8) is 0 Å². The number of fused-ring (bicyclic) bond motifs is 3. The summed E-state index contributed by atoms with van der Waals surface area (Å²) in [5.41, 5.74) is 3.07. The van der Waals surface area contributed by atoms with Crippen LogP contribution in [0.4, 0.5) is 5.69 Å². The molecule has 1 aliphatic rings. The number of carbonyl (C=O) groups excluding carboxylic acids is 1. The molecule has 1 amide bonds. The number of carbonyl (C=O) groups is 1. The van der Waals surface area contributed by atoms with Gasteiger partial charge in [-0.1, -0.05) is 38.1 Å². The lowest BCUT2D eigenvalue weighted by molar-refractivity contribution is -0.119. The molecule has 0 fully saturated rings. The minimum Gasteiger partial charge on any atom is -0.311 e. The standard InChI is InChI=1S/C24H30N4O2S/c1-6-27(17-9-7-8-15(2)12-17)20(29)14-28-23(30)21-18-11-10-16(24(3,4)5)13-19(18)31-22(21)25-26-28/h7-9,12,16H,6,10-11,13-14H2,1-5H3. The van der Waals surface area contributed by atoms with Gasteiger partial charge >= 0.3 is 0 Å². The van der Waals surface area contributed by atoms with Crippen LogP contribution >= 0.6 is 11.3 Å². The summed E-state index contributed by atoms with van der Waals surface area (Å²) in [7, 11) is 0. The molecule has 6 nitrogen and oxygen atoms in total. The van der Waals surface area contributed by atoms with Crippen LogP contribution in [0.1, 0.15) is 50.1 Å². The van der Waals surface area contributed by atoms with Gasteiger partial charge in [-0.15, -0.1) is 16.4 Å². The number of rotatable bonds is 4. The lowest BCUT2D eigenvalue weighted by atomic mass is 9.72. The van der Waals surface area contributed by atoms with Crippen LogP contribution < -0.4 is 10.5 Å². The van der Waals surface area contributed by atoms with E-state index in [2.05, 4.69) is 31.1 Å². The highest BCUT2D eigenvalue weighted by Gasteiger charge is 2.32. The van der Waals surface area contributed by atoms with Gasteiger partial charge in [-0.25, -0.2) is 4.68 Å². The van der Waals surface area contributed by atoms with Crippen molar-refractivity contribution >= 4 is 33.1 Å². The molecular weight excluding hydrogens is 408 g/mol. The van der Waals surface area contributed by atoms with Crippen LogP contribution in [0.25, 0.3) is 10.2 Å². The first-order chi connectivity index (χ1) is 14.7. The number of amides is 1. The summed E-state index contributed by atoms with van der Waals surface area (Å²) >= 11 is 1.59. The summed E-state index contributed by atoms with van der Waals surface area (Å²) in [5.74, 6) is 0.429. The smallest absolute Gasteiger partial charge is 0.279 e. The Morgan fingerprint density at radius 2 is 2.10 bits per heavy atom. The predicted octanol–water partition coefficient (Wildman–Crippen LogP) is 4.37. The zero-order chi connectivity index (χ0) is 22.3. The Bertz CT molecular complexity index is 1190. The van der Waals surface area contributed by atoms with Crippen LogP contribution in [0.2, 0.25) is 0 Å². The molecule has 0 saturated carbocycles. The van der Waals surface area contributed by atoms with Gasteiger partial charge in [0.1, 0.15) is 6.54 Å². The van der Waals surface area contributed by atoms with Crippen LogP contribution in [0.15, 0.2) is 29.1 Å². The second kappa shape index (κ2) is 8.19. The number of likely N-dealkylation sites (N-methyl/N-ethyl adjacent to an activating group) is 1. The average Bonchev–Trinajstić information content (AvgIpc) is 3.08. The third-order valence-electron chi connectivity index (χ3n) is 6.38. The number of nitrogens with zero attached hydrogens (tertiary/aromatic N) is 4. The molecule has 2 aromatic heterocycles. The summed E-state index contributed by atoms with van der Waals surface area (Å²) in [6.45, 7) is 11.2. The van der Waals surface area contributed by atoms with Crippen LogP contribution in [0.5, 0.6) is 0 Å². The van der Waals surface area contributed by atoms with Crippen LogP contribution in [0.3, 0.4) is 0 Å². The second-order valence-corrected chi connectivity index (χ2v) is 10.6. The Hall–Kier alpha value is -2.54. The number of anilines is 1. The Balaban J connectivity index is 1.64. The monoisotopic (exact) mass is 438 g/mol. The fraction of sp³-hybridized carbons (Fsp3) is 0.500. The van der Waals surface area contributed by atoms with Crippen molar-refractivity contribution in [3.05, 3.63) is 50.6 Å². The van der Waals surface area contributed by atoms with E-state index in [4.69, 9.17) is 0 Å². The van der Waals surface area contributed by atoms with Gasteiger partial charge in [0.25, 0.3) is 5.56 Å². The summed E-state index contributed by atoms with van der Waals surface area (Å²) in [5, 5.41) is 9.08. The first kappa shape index (κ1) is 21.7. The van der Waals surface area contributed by atoms with Gasteiger partial charge in [0.05, 0.1) is 5.39 Å². The average molecular weight is 439 g/mol. The zero-order valence-electron chi connectivity index (χ0n) is 18.9. The summed E-state index contributed by atoms with van der Waals surface area (Å²) in [6.07, 6.45) is 2.94. The van der Waals surface area contributed by atoms with Gasteiger partial charge in [-0.2, -0.15) is 0 Å². The summed E-state index contributed by atoms with van der Waals surface area (Å²) < 4.78 is 1.23. The molecule has 0 radical (unpaired) electrons. The van der Waals surface area contributed by atoms with E-state index in [9.17, 15) is 9.59 Å². The first-order valence-electron chi connectivity index (χ1n) is 10.9. The fourth-order valence-electron chi connectivity index (χ4n) is 4.48. The Morgan fingerprint density at radius 3 is 2.77 bits per heavy atom. The van der Waals surface area contributed by atoms with E-state index in [1.54, 1.807) is 16.2 Å². The molecule has 2 heterocycles. The third-order valence-corrected chi connectivity index (χ3v) is 7.52. The van der Waals surface area contributed by atoms with E-state index < -0.39 is 0 Å². The fourth-order valence-corrected chi connectivity index (χ4v) is 5.72. The van der Waals surface area contributed by atoms with Gasteiger partial charge in [0.2, 0.25) is 5.91 Å². The molecule has 3 aromatic rings. The van der Waals surface area contributed by atoms with Crippen LogP contribution in [0, 0.1) is 18.3 Å². The minimum atomic E-state index is -0.203. The lowest BCUT2D eigenvalue weighted by Gasteiger charge is -2.33. The molecule has 1 aromatic carbocycles. The van der Waals surface area contributed by atoms with E-state index in [1.165, 1.54) is 9.56 Å². The second-order valence-electron chi connectivity index (χ2n) is 9.52. The van der Waals surface area contributed by atoms with Crippen molar-refractivity contribution in [2.45, 2.75) is 60.4 Å². The SMILES string of the molecule is CCN(C(=O)Cn1nnc2sc3c(c2c1=O)CCC(C(C)(C)C)C3)c1cccc(C)c1. The zero-order valence-corrected chi connectivity index (χ0v) is 19.8. The van der Waals surface area contributed by atoms with Gasteiger partial charge < -0.3 is 4.90 Å². The first-order valence-corrected chi connectivity index (χ1v) is 11.8. The quantitative estimate of drug-likeness (QED) is 0.607. The van der Waals surface area contributed by atoms with E-state index >= 15 is 0 Å². The number of aromatic nitrogens is 3. The van der Waals surface area contributed by atoms with Crippen molar-refractivity contribution in [2.75, 3.05) is 11.4 Å². The maximum Gasteiger partial charge on any atom is 0.279 e. The van der Waals surface area contributed by atoms with Crippen LogP contribution in [-0.4, -0.2) is 27.4 Å².